The van der Waals surface area contributed by atoms with E-state index >= 15 is 0 Å². The molecule has 1 atom stereocenters. The average molecular weight is 242 g/mol. The van der Waals surface area contributed by atoms with Crippen LogP contribution in [0, 0.1) is 0 Å². The van der Waals surface area contributed by atoms with Crippen LogP contribution in [0.25, 0.3) is 0 Å². The molecule has 0 aliphatic carbocycles. The van der Waals surface area contributed by atoms with Gasteiger partial charge in [0.1, 0.15) is 0 Å². The van der Waals surface area contributed by atoms with E-state index in [1.165, 1.54) is 0 Å². The zero-order valence-electron chi connectivity index (χ0n) is 9.10. The lowest BCUT2D eigenvalue weighted by atomic mass is 10.3. The largest absolute Gasteiger partial charge is 0.415 e. The number of halogens is 3. The number of alkyl halides is 3. The Morgan fingerprint density at radius 1 is 1.44 bits per heavy atom. The molecular formula is C9H17F3N2O2. The summed E-state index contributed by atoms with van der Waals surface area (Å²) >= 11 is 0. The molecular weight excluding hydrogens is 225 g/mol. The van der Waals surface area contributed by atoms with Crippen molar-refractivity contribution in [3.05, 3.63) is 0 Å². The first-order valence-corrected chi connectivity index (χ1v) is 5.10. The topological polar surface area (TPSA) is 61.4 Å². The van der Waals surface area contributed by atoms with Crippen molar-refractivity contribution >= 4 is 5.91 Å². The number of aliphatic hydroxyl groups is 1. The Balaban J connectivity index is 3.54. The van der Waals surface area contributed by atoms with Crippen LogP contribution in [-0.4, -0.2) is 42.9 Å². The first-order chi connectivity index (χ1) is 7.38. The normalized spacial score (nSPS) is 13.6. The minimum Gasteiger partial charge on any atom is -0.382 e. The second-order valence-electron chi connectivity index (χ2n) is 3.39. The quantitative estimate of drug-likeness (QED) is 0.567. The molecule has 0 saturated heterocycles. The summed E-state index contributed by atoms with van der Waals surface area (Å²) < 4.78 is 35.5. The van der Waals surface area contributed by atoms with Crippen LogP contribution in [0.4, 0.5) is 13.2 Å². The highest BCUT2D eigenvalue weighted by atomic mass is 19.4. The maximum absolute atomic E-state index is 11.8. The molecule has 7 heteroatoms. The Bertz CT molecular complexity index is 209. The van der Waals surface area contributed by atoms with Crippen LogP contribution in [0.15, 0.2) is 0 Å². The minimum atomic E-state index is -4.65. The van der Waals surface area contributed by atoms with E-state index in [2.05, 4.69) is 10.6 Å². The fourth-order valence-electron chi connectivity index (χ4n) is 0.905. The smallest absolute Gasteiger partial charge is 0.382 e. The van der Waals surface area contributed by atoms with Gasteiger partial charge in [-0.2, -0.15) is 13.2 Å². The molecule has 0 bridgehead atoms. The van der Waals surface area contributed by atoms with E-state index in [-0.39, 0.29) is 12.5 Å². The first-order valence-electron chi connectivity index (χ1n) is 5.10. The molecule has 0 rings (SSSR count). The zero-order chi connectivity index (χ0) is 12.6. The highest BCUT2D eigenvalue weighted by molar-refractivity contribution is 5.77. The molecule has 16 heavy (non-hydrogen) atoms. The maximum Gasteiger partial charge on any atom is 0.415 e. The van der Waals surface area contributed by atoms with E-state index in [4.69, 9.17) is 5.11 Å². The van der Waals surface area contributed by atoms with Gasteiger partial charge in [-0.15, -0.1) is 0 Å². The van der Waals surface area contributed by atoms with E-state index in [1.54, 1.807) is 0 Å². The highest BCUT2D eigenvalue weighted by Crippen LogP contribution is 2.18. The molecule has 0 fully saturated rings. The number of hydrogen-bond donors (Lipinski definition) is 3. The minimum absolute atomic E-state index is 0.225. The standard InChI is InChI=1S/C9H17F3N2O2/c1-2-3-4-14-8(16)6-13-5-7(15)9(10,11)12/h7,13,15H,2-6H2,1H3,(H,14,16). The Morgan fingerprint density at radius 2 is 2.06 bits per heavy atom. The summed E-state index contributed by atoms with van der Waals surface area (Å²) in [6, 6.07) is 0. The van der Waals surface area contributed by atoms with E-state index in [9.17, 15) is 18.0 Å². The summed E-state index contributed by atoms with van der Waals surface area (Å²) in [4.78, 5) is 11.0. The molecule has 0 aliphatic rings. The number of carbonyl (C=O) groups excluding carboxylic acids is 1. The van der Waals surface area contributed by atoms with Crippen molar-refractivity contribution in [2.75, 3.05) is 19.6 Å². The number of nitrogens with one attached hydrogen (secondary N) is 2. The van der Waals surface area contributed by atoms with Crippen molar-refractivity contribution in [1.29, 1.82) is 0 Å². The molecule has 0 aromatic rings. The van der Waals surface area contributed by atoms with Gasteiger partial charge in [0, 0.05) is 13.1 Å². The summed E-state index contributed by atoms with van der Waals surface area (Å²) in [6.45, 7) is 1.57. The van der Waals surface area contributed by atoms with Gasteiger partial charge in [0.15, 0.2) is 6.10 Å². The number of amides is 1. The Hall–Kier alpha value is -0.820. The van der Waals surface area contributed by atoms with Gasteiger partial charge >= 0.3 is 6.18 Å². The zero-order valence-corrected chi connectivity index (χ0v) is 9.10. The summed E-state index contributed by atoms with van der Waals surface area (Å²) in [5.74, 6) is -0.372. The van der Waals surface area contributed by atoms with Crippen LogP contribution in [-0.2, 0) is 4.79 Å². The van der Waals surface area contributed by atoms with E-state index in [0.717, 1.165) is 12.8 Å². The number of rotatable bonds is 7. The van der Waals surface area contributed by atoms with Crippen LogP contribution in [0.5, 0.6) is 0 Å². The second-order valence-corrected chi connectivity index (χ2v) is 3.39. The van der Waals surface area contributed by atoms with Gasteiger partial charge in [-0.05, 0) is 6.42 Å². The lowest BCUT2D eigenvalue weighted by molar-refractivity contribution is -0.201. The molecule has 0 heterocycles. The fraction of sp³-hybridized carbons (Fsp3) is 0.889. The monoisotopic (exact) mass is 242 g/mol. The number of hydrogen-bond acceptors (Lipinski definition) is 3. The number of carbonyl (C=O) groups is 1. The Labute approximate surface area is 92.2 Å². The second kappa shape index (κ2) is 7.45. The van der Waals surface area contributed by atoms with Gasteiger partial charge in [0.05, 0.1) is 6.54 Å². The third-order valence-corrected chi connectivity index (χ3v) is 1.85. The Kier molecular flexibility index (Phi) is 7.07. The van der Waals surface area contributed by atoms with Crippen molar-refractivity contribution in [3.63, 3.8) is 0 Å². The SMILES string of the molecule is CCCCNC(=O)CNCC(O)C(F)(F)F. The molecule has 3 N–H and O–H groups in total. The van der Waals surface area contributed by atoms with Gasteiger partial charge in [-0.25, -0.2) is 0 Å². The lowest BCUT2D eigenvalue weighted by Gasteiger charge is -2.14. The third kappa shape index (κ3) is 7.47. The summed E-state index contributed by atoms with van der Waals surface area (Å²) in [5, 5.41) is 13.4. The molecule has 0 aromatic heterocycles. The van der Waals surface area contributed by atoms with Gasteiger partial charge in [-0.3, -0.25) is 4.79 Å². The van der Waals surface area contributed by atoms with Crippen LogP contribution in [0.2, 0.25) is 0 Å². The van der Waals surface area contributed by atoms with Crippen LogP contribution < -0.4 is 10.6 Å². The molecule has 0 aliphatic heterocycles. The Morgan fingerprint density at radius 3 is 2.56 bits per heavy atom. The summed E-state index contributed by atoms with van der Waals surface area (Å²) in [7, 11) is 0. The van der Waals surface area contributed by atoms with Crippen molar-refractivity contribution in [1.82, 2.24) is 10.6 Å². The van der Waals surface area contributed by atoms with Gasteiger partial charge < -0.3 is 15.7 Å². The molecule has 1 unspecified atom stereocenters. The van der Waals surface area contributed by atoms with Gasteiger partial charge in [0.25, 0.3) is 0 Å². The van der Waals surface area contributed by atoms with Gasteiger partial charge in [-0.1, -0.05) is 13.3 Å². The highest BCUT2D eigenvalue weighted by Gasteiger charge is 2.37. The van der Waals surface area contributed by atoms with Crippen LogP contribution in [0.1, 0.15) is 19.8 Å². The van der Waals surface area contributed by atoms with E-state index in [0.29, 0.717) is 6.54 Å². The van der Waals surface area contributed by atoms with Crippen LogP contribution in [0.3, 0.4) is 0 Å². The van der Waals surface area contributed by atoms with Crippen molar-refractivity contribution in [2.45, 2.75) is 32.0 Å². The third-order valence-electron chi connectivity index (χ3n) is 1.85. The molecule has 1 amide bonds. The molecule has 4 nitrogen and oxygen atoms in total. The van der Waals surface area contributed by atoms with Crippen molar-refractivity contribution < 1.29 is 23.1 Å². The lowest BCUT2D eigenvalue weighted by Crippen LogP contribution is -2.42. The molecule has 0 radical (unpaired) electrons. The first kappa shape index (κ1) is 15.2. The van der Waals surface area contributed by atoms with E-state index in [1.807, 2.05) is 6.92 Å². The molecule has 0 aromatic carbocycles. The van der Waals surface area contributed by atoms with Crippen molar-refractivity contribution in [3.8, 4) is 0 Å². The predicted molar refractivity (Wildman–Crippen MR) is 52.8 cm³/mol. The van der Waals surface area contributed by atoms with E-state index < -0.39 is 18.8 Å². The van der Waals surface area contributed by atoms with Crippen molar-refractivity contribution in [2.24, 2.45) is 0 Å². The summed E-state index contributed by atoms with van der Waals surface area (Å²) in [6.07, 6.45) is -5.32. The summed E-state index contributed by atoms with van der Waals surface area (Å²) in [5.41, 5.74) is 0. The predicted octanol–water partition coefficient (Wildman–Crippen LogP) is 0.416. The van der Waals surface area contributed by atoms with Gasteiger partial charge in [0.2, 0.25) is 5.91 Å². The number of unbranched alkanes of at least 4 members (excludes halogenated alkanes) is 1. The molecule has 0 saturated carbocycles. The maximum atomic E-state index is 11.8. The fourth-order valence-corrected chi connectivity index (χ4v) is 0.905. The van der Waals surface area contributed by atoms with Crippen LogP contribution >= 0.6 is 0 Å². The average Bonchev–Trinajstić information content (AvgIpc) is 2.16. The number of aliphatic hydroxyl groups excluding tert-OH is 1. The molecule has 96 valence electrons. The molecule has 0 spiro atoms.